The van der Waals surface area contributed by atoms with E-state index in [4.69, 9.17) is 16.3 Å². The van der Waals surface area contributed by atoms with Gasteiger partial charge in [-0.15, -0.1) is 16.7 Å². The molecule has 1 atom stereocenters. The summed E-state index contributed by atoms with van der Waals surface area (Å²) in [4.78, 5) is 14.5. The van der Waals surface area contributed by atoms with Crippen LogP contribution in [0.1, 0.15) is 17.5 Å². The Balaban J connectivity index is 1.61. The van der Waals surface area contributed by atoms with Gasteiger partial charge in [-0.25, -0.2) is 4.68 Å². The second kappa shape index (κ2) is 7.56. The van der Waals surface area contributed by atoms with E-state index in [1.807, 2.05) is 48.3 Å². The molecule has 1 amide bonds. The van der Waals surface area contributed by atoms with Crippen LogP contribution in [0.3, 0.4) is 0 Å². The third kappa shape index (κ3) is 3.49. The first-order valence-electron chi connectivity index (χ1n) is 9.01. The van der Waals surface area contributed by atoms with Crippen LogP contribution in [0.15, 0.2) is 42.5 Å². The zero-order chi connectivity index (χ0) is 18.8. The van der Waals surface area contributed by atoms with Crippen molar-refractivity contribution in [3.63, 3.8) is 0 Å². The molecule has 2 heterocycles. The lowest BCUT2D eigenvalue weighted by molar-refractivity contribution is -0.132. The SMILES string of the molecule is Cn1nnc2c(CN(C(=O)CCl)C3CCc4ccccc4OC3)cccc21. The lowest BCUT2D eigenvalue weighted by Crippen LogP contribution is -2.43. The first-order chi connectivity index (χ1) is 13.2. The molecular formula is C20H21ClN4O2. The standard InChI is InChI=1S/C20H21ClN4O2/c1-24-17-7-4-6-15(20(17)22-23-24)12-25(19(26)11-21)16-10-9-14-5-2-3-8-18(14)27-13-16/h2-8,16H,9-13H2,1H3. The number of ether oxygens (including phenoxy) is 1. The largest absolute Gasteiger partial charge is 0.491 e. The zero-order valence-electron chi connectivity index (χ0n) is 15.1. The molecule has 27 heavy (non-hydrogen) atoms. The number of alkyl halides is 1. The third-order valence-electron chi connectivity index (χ3n) is 5.09. The van der Waals surface area contributed by atoms with Gasteiger partial charge in [0.2, 0.25) is 5.91 Å². The van der Waals surface area contributed by atoms with Gasteiger partial charge in [-0.1, -0.05) is 35.5 Å². The fourth-order valence-corrected chi connectivity index (χ4v) is 3.77. The molecule has 2 aromatic carbocycles. The van der Waals surface area contributed by atoms with Crippen LogP contribution in [0.5, 0.6) is 5.75 Å². The summed E-state index contributed by atoms with van der Waals surface area (Å²) in [5.41, 5.74) is 3.88. The van der Waals surface area contributed by atoms with Gasteiger partial charge in [0.25, 0.3) is 0 Å². The summed E-state index contributed by atoms with van der Waals surface area (Å²) in [7, 11) is 1.86. The predicted octanol–water partition coefficient (Wildman–Crippen LogP) is 2.93. The maximum absolute atomic E-state index is 12.6. The summed E-state index contributed by atoms with van der Waals surface area (Å²) in [5.74, 6) is 0.742. The normalized spacial score (nSPS) is 16.4. The van der Waals surface area contributed by atoms with Crippen molar-refractivity contribution in [1.82, 2.24) is 19.9 Å². The van der Waals surface area contributed by atoms with Crippen molar-refractivity contribution >= 4 is 28.5 Å². The maximum Gasteiger partial charge on any atom is 0.238 e. The van der Waals surface area contributed by atoms with Crippen LogP contribution in [-0.2, 0) is 24.8 Å². The van der Waals surface area contributed by atoms with E-state index in [-0.39, 0.29) is 17.8 Å². The molecule has 3 aromatic rings. The highest BCUT2D eigenvalue weighted by molar-refractivity contribution is 6.27. The van der Waals surface area contributed by atoms with Crippen LogP contribution >= 0.6 is 11.6 Å². The van der Waals surface area contributed by atoms with E-state index >= 15 is 0 Å². The summed E-state index contributed by atoms with van der Waals surface area (Å²) < 4.78 is 7.73. The Morgan fingerprint density at radius 3 is 3.00 bits per heavy atom. The third-order valence-corrected chi connectivity index (χ3v) is 5.32. The number of aryl methyl sites for hydroxylation is 2. The summed E-state index contributed by atoms with van der Waals surface area (Å²) >= 11 is 5.92. The van der Waals surface area contributed by atoms with Gasteiger partial charge in [-0.05, 0) is 30.5 Å². The summed E-state index contributed by atoms with van der Waals surface area (Å²) in [6.07, 6.45) is 1.69. The van der Waals surface area contributed by atoms with Crippen molar-refractivity contribution < 1.29 is 9.53 Å². The highest BCUT2D eigenvalue weighted by Gasteiger charge is 2.27. The van der Waals surface area contributed by atoms with E-state index in [9.17, 15) is 4.79 Å². The number of para-hydroxylation sites is 1. The maximum atomic E-state index is 12.6. The number of carbonyl (C=O) groups is 1. The zero-order valence-corrected chi connectivity index (χ0v) is 15.9. The number of hydrogen-bond donors (Lipinski definition) is 0. The van der Waals surface area contributed by atoms with Gasteiger partial charge < -0.3 is 9.64 Å². The molecule has 0 saturated carbocycles. The van der Waals surface area contributed by atoms with Crippen LogP contribution in [-0.4, -0.2) is 44.3 Å². The molecule has 140 valence electrons. The minimum Gasteiger partial charge on any atom is -0.491 e. The number of aromatic nitrogens is 3. The number of benzene rings is 2. The van der Waals surface area contributed by atoms with E-state index in [2.05, 4.69) is 16.4 Å². The minimum atomic E-state index is -0.0999. The lowest BCUT2D eigenvalue weighted by Gasteiger charge is -2.30. The molecule has 1 aliphatic rings. The number of nitrogens with zero attached hydrogens (tertiary/aromatic N) is 4. The van der Waals surface area contributed by atoms with Crippen molar-refractivity contribution in [2.45, 2.75) is 25.4 Å². The Bertz CT molecular complexity index is 945. The van der Waals surface area contributed by atoms with Gasteiger partial charge in [-0.3, -0.25) is 4.79 Å². The average molecular weight is 385 g/mol. The first-order valence-corrected chi connectivity index (χ1v) is 9.54. The number of halogens is 1. The molecule has 0 radical (unpaired) electrons. The van der Waals surface area contributed by atoms with Gasteiger partial charge in [0.15, 0.2) is 0 Å². The van der Waals surface area contributed by atoms with Gasteiger partial charge >= 0.3 is 0 Å². The Hall–Kier alpha value is -2.60. The van der Waals surface area contributed by atoms with Crippen molar-refractivity contribution in [3.05, 3.63) is 53.6 Å². The van der Waals surface area contributed by atoms with Crippen LogP contribution in [0.2, 0.25) is 0 Å². The molecule has 4 rings (SSSR count). The molecule has 0 spiro atoms. The molecule has 0 saturated heterocycles. The van der Waals surface area contributed by atoms with Gasteiger partial charge in [0.05, 0.1) is 11.6 Å². The highest BCUT2D eigenvalue weighted by atomic mass is 35.5. The van der Waals surface area contributed by atoms with Crippen LogP contribution < -0.4 is 4.74 Å². The summed E-state index contributed by atoms with van der Waals surface area (Å²) in [6, 6.07) is 13.9. The Morgan fingerprint density at radius 2 is 2.15 bits per heavy atom. The van der Waals surface area contributed by atoms with Gasteiger partial charge in [0, 0.05) is 19.2 Å². The van der Waals surface area contributed by atoms with E-state index in [1.165, 1.54) is 5.56 Å². The quantitative estimate of drug-likeness (QED) is 0.649. The molecule has 0 aliphatic carbocycles. The molecule has 1 aromatic heterocycles. The fourth-order valence-electron chi connectivity index (χ4n) is 3.61. The van der Waals surface area contributed by atoms with Crippen LogP contribution in [0.25, 0.3) is 11.0 Å². The number of amides is 1. The highest BCUT2D eigenvalue weighted by Crippen LogP contribution is 2.27. The Labute approximate surface area is 162 Å². The van der Waals surface area contributed by atoms with Crippen LogP contribution in [0, 0.1) is 0 Å². The molecule has 1 aliphatic heterocycles. The van der Waals surface area contributed by atoms with E-state index in [1.54, 1.807) is 4.68 Å². The predicted molar refractivity (Wildman–Crippen MR) is 104 cm³/mol. The summed E-state index contributed by atoms with van der Waals surface area (Å²) in [6.45, 7) is 0.891. The molecule has 7 heteroatoms. The molecule has 6 nitrogen and oxygen atoms in total. The Kier molecular flexibility index (Phi) is 4.99. The van der Waals surface area contributed by atoms with Gasteiger partial charge in [0.1, 0.15) is 23.8 Å². The smallest absolute Gasteiger partial charge is 0.238 e. The second-order valence-electron chi connectivity index (χ2n) is 6.76. The molecule has 0 fully saturated rings. The number of hydrogen-bond acceptors (Lipinski definition) is 4. The van der Waals surface area contributed by atoms with Crippen LogP contribution in [0.4, 0.5) is 0 Å². The number of fused-ring (bicyclic) bond motifs is 2. The monoisotopic (exact) mass is 384 g/mol. The van der Waals surface area contributed by atoms with E-state index in [0.717, 1.165) is 35.2 Å². The average Bonchev–Trinajstić information content (AvgIpc) is 2.95. The van der Waals surface area contributed by atoms with Crippen molar-refractivity contribution in [3.8, 4) is 5.75 Å². The van der Waals surface area contributed by atoms with Gasteiger partial charge in [-0.2, -0.15) is 0 Å². The van der Waals surface area contributed by atoms with Crippen molar-refractivity contribution in [2.75, 3.05) is 12.5 Å². The second-order valence-corrected chi connectivity index (χ2v) is 7.03. The van der Waals surface area contributed by atoms with Crippen molar-refractivity contribution in [1.29, 1.82) is 0 Å². The molecule has 0 bridgehead atoms. The minimum absolute atomic E-state index is 0.0458. The fraction of sp³-hybridized carbons (Fsp3) is 0.350. The topological polar surface area (TPSA) is 60.2 Å². The van der Waals surface area contributed by atoms with E-state index in [0.29, 0.717) is 13.2 Å². The molecule has 0 N–H and O–H groups in total. The lowest BCUT2D eigenvalue weighted by atomic mass is 10.0. The first kappa shape index (κ1) is 17.8. The van der Waals surface area contributed by atoms with Crippen molar-refractivity contribution in [2.24, 2.45) is 7.05 Å². The molecule has 1 unspecified atom stereocenters. The summed E-state index contributed by atoms with van der Waals surface area (Å²) in [5, 5.41) is 8.36. The molecular weight excluding hydrogens is 364 g/mol. The van der Waals surface area contributed by atoms with E-state index < -0.39 is 0 Å². The number of carbonyl (C=O) groups excluding carboxylic acids is 1. The number of rotatable bonds is 4. The Morgan fingerprint density at radius 1 is 1.30 bits per heavy atom.